The fourth-order valence-corrected chi connectivity index (χ4v) is 2.57. The van der Waals surface area contributed by atoms with Crippen LogP contribution in [0.2, 0.25) is 0 Å². The van der Waals surface area contributed by atoms with Crippen LogP contribution in [0.3, 0.4) is 0 Å². The predicted octanol–water partition coefficient (Wildman–Crippen LogP) is 3.97. The number of benzene rings is 1. The smallest absolute Gasteiger partial charge is 0.411 e. The molecule has 19 heavy (non-hydrogen) atoms. The van der Waals surface area contributed by atoms with Crippen LogP contribution in [-0.2, 0) is 11.3 Å². The van der Waals surface area contributed by atoms with Crippen molar-refractivity contribution < 1.29 is 14.6 Å². The number of ether oxygens (including phenoxy) is 1. The molecule has 0 aliphatic carbocycles. The van der Waals surface area contributed by atoms with Gasteiger partial charge in [-0.25, -0.2) is 4.79 Å². The van der Waals surface area contributed by atoms with Crippen LogP contribution in [0, 0.1) is 0 Å². The third-order valence-electron chi connectivity index (χ3n) is 3.14. The fourth-order valence-electron chi connectivity index (χ4n) is 2.20. The summed E-state index contributed by atoms with van der Waals surface area (Å²) in [6.07, 6.45) is -0.355. The Labute approximate surface area is 121 Å². The van der Waals surface area contributed by atoms with Gasteiger partial charge in [0.15, 0.2) is 0 Å². The summed E-state index contributed by atoms with van der Waals surface area (Å²) in [5, 5.41) is 10.0. The van der Waals surface area contributed by atoms with Crippen LogP contribution in [0.4, 0.5) is 4.79 Å². The van der Waals surface area contributed by atoms with E-state index in [0.717, 1.165) is 11.1 Å². The third kappa shape index (κ3) is 2.71. The molecular formula is C14H18BrNO3. The van der Waals surface area contributed by atoms with Gasteiger partial charge in [-0.1, -0.05) is 6.07 Å². The molecule has 1 aromatic rings. The second-order valence-electron chi connectivity index (χ2n) is 5.75. The number of rotatable bonds is 0. The summed E-state index contributed by atoms with van der Waals surface area (Å²) in [4.78, 5) is 13.8. The minimum absolute atomic E-state index is 0.0937. The van der Waals surface area contributed by atoms with E-state index in [2.05, 4.69) is 15.9 Å². The highest BCUT2D eigenvalue weighted by atomic mass is 79.9. The summed E-state index contributed by atoms with van der Waals surface area (Å²) in [6.45, 7) is 7.83. The molecule has 1 N–H and O–H groups in total. The van der Waals surface area contributed by atoms with Crippen LogP contribution >= 0.6 is 15.9 Å². The quantitative estimate of drug-likeness (QED) is 0.784. The molecule has 1 aliphatic rings. The Morgan fingerprint density at radius 1 is 1.47 bits per heavy atom. The van der Waals surface area contributed by atoms with Crippen molar-refractivity contribution in [3.63, 3.8) is 0 Å². The molecule has 4 nitrogen and oxygen atoms in total. The Hall–Kier alpha value is -1.23. The van der Waals surface area contributed by atoms with Gasteiger partial charge in [0, 0.05) is 5.56 Å². The average Bonchev–Trinajstić information content (AvgIpc) is 2.60. The zero-order valence-electron chi connectivity index (χ0n) is 11.5. The van der Waals surface area contributed by atoms with Crippen molar-refractivity contribution in [2.75, 3.05) is 0 Å². The molecule has 0 radical (unpaired) electrons. The molecule has 0 saturated heterocycles. The van der Waals surface area contributed by atoms with E-state index in [9.17, 15) is 9.90 Å². The molecule has 0 fully saturated rings. The van der Waals surface area contributed by atoms with E-state index in [4.69, 9.17) is 4.74 Å². The van der Waals surface area contributed by atoms with Gasteiger partial charge in [-0.3, -0.25) is 4.90 Å². The highest BCUT2D eigenvalue weighted by molar-refractivity contribution is 9.10. The number of carbonyl (C=O) groups excluding carboxylic acids is 1. The molecule has 104 valence electrons. The first kappa shape index (κ1) is 14.2. The van der Waals surface area contributed by atoms with Crippen LogP contribution in [0.25, 0.3) is 0 Å². The topological polar surface area (TPSA) is 49.8 Å². The summed E-state index contributed by atoms with van der Waals surface area (Å²) in [5.74, 6) is 0.204. The molecule has 1 atom stereocenters. The Kier molecular flexibility index (Phi) is 3.51. The lowest BCUT2D eigenvalue weighted by Gasteiger charge is -2.27. The van der Waals surface area contributed by atoms with E-state index in [1.165, 1.54) is 0 Å². The molecule has 2 rings (SSSR count). The van der Waals surface area contributed by atoms with Gasteiger partial charge in [-0.05, 0) is 55.3 Å². The Morgan fingerprint density at radius 2 is 2.11 bits per heavy atom. The fraction of sp³-hybridized carbons (Fsp3) is 0.500. The third-order valence-corrected chi connectivity index (χ3v) is 3.78. The standard InChI is InChI=1S/C14H18BrNO3/c1-8-9-5-6-11(15)12(17)10(9)7-16(8)13(18)19-14(2,3)4/h5-6,8,17H,7H2,1-4H3/t8-/m0/s1. The van der Waals surface area contributed by atoms with Crippen molar-refractivity contribution in [3.8, 4) is 5.75 Å². The minimum Gasteiger partial charge on any atom is -0.506 e. The number of phenolic OH excluding ortho intramolecular Hbond substituents is 1. The summed E-state index contributed by atoms with van der Waals surface area (Å²) >= 11 is 3.29. The molecule has 0 saturated carbocycles. The van der Waals surface area contributed by atoms with Crippen LogP contribution in [0.5, 0.6) is 5.75 Å². The predicted molar refractivity (Wildman–Crippen MR) is 76.0 cm³/mol. The van der Waals surface area contributed by atoms with Gasteiger partial charge in [-0.2, -0.15) is 0 Å². The van der Waals surface area contributed by atoms with E-state index in [-0.39, 0.29) is 17.9 Å². The van der Waals surface area contributed by atoms with Crippen molar-refractivity contribution in [1.82, 2.24) is 4.90 Å². The van der Waals surface area contributed by atoms with Crippen molar-refractivity contribution in [3.05, 3.63) is 27.7 Å². The number of nitrogens with zero attached hydrogens (tertiary/aromatic N) is 1. The van der Waals surface area contributed by atoms with Gasteiger partial charge in [-0.15, -0.1) is 0 Å². The first-order valence-corrected chi connectivity index (χ1v) is 7.00. The largest absolute Gasteiger partial charge is 0.506 e. The van der Waals surface area contributed by atoms with E-state index in [0.29, 0.717) is 11.0 Å². The molecular weight excluding hydrogens is 310 g/mol. The molecule has 0 unspecified atom stereocenters. The first-order chi connectivity index (χ1) is 8.70. The number of phenols is 1. The SMILES string of the molecule is C[C@H]1c2ccc(Br)c(O)c2CN1C(=O)OC(C)(C)C. The van der Waals surface area contributed by atoms with E-state index in [1.807, 2.05) is 33.8 Å². The van der Waals surface area contributed by atoms with Gasteiger partial charge in [0.1, 0.15) is 11.4 Å². The van der Waals surface area contributed by atoms with Crippen LogP contribution < -0.4 is 0 Å². The van der Waals surface area contributed by atoms with Crippen LogP contribution in [-0.4, -0.2) is 21.7 Å². The zero-order chi connectivity index (χ0) is 14.4. The Balaban J connectivity index is 2.26. The van der Waals surface area contributed by atoms with Crippen molar-refractivity contribution >= 4 is 22.0 Å². The molecule has 0 bridgehead atoms. The highest BCUT2D eigenvalue weighted by Crippen LogP contribution is 2.41. The number of hydrogen-bond acceptors (Lipinski definition) is 3. The summed E-state index contributed by atoms with van der Waals surface area (Å²) in [6, 6.07) is 3.63. The maximum absolute atomic E-state index is 12.1. The molecule has 1 aliphatic heterocycles. The maximum Gasteiger partial charge on any atom is 0.411 e. The zero-order valence-corrected chi connectivity index (χ0v) is 13.1. The molecule has 0 aromatic heterocycles. The number of aromatic hydroxyl groups is 1. The monoisotopic (exact) mass is 327 g/mol. The lowest BCUT2D eigenvalue weighted by Crippen LogP contribution is -2.34. The minimum atomic E-state index is -0.520. The van der Waals surface area contributed by atoms with E-state index in [1.54, 1.807) is 11.0 Å². The van der Waals surface area contributed by atoms with Crippen molar-refractivity contribution in [1.29, 1.82) is 0 Å². The van der Waals surface area contributed by atoms with Gasteiger partial charge < -0.3 is 9.84 Å². The van der Waals surface area contributed by atoms with Crippen molar-refractivity contribution in [2.24, 2.45) is 0 Å². The first-order valence-electron chi connectivity index (χ1n) is 6.20. The molecule has 1 amide bonds. The molecule has 1 heterocycles. The lowest BCUT2D eigenvalue weighted by molar-refractivity contribution is 0.0187. The number of fused-ring (bicyclic) bond motifs is 1. The number of halogens is 1. The Bertz CT molecular complexity index is 522. The second-order valence-corrected chi connectivity index (χ2v) is 6.60. The Morgan fingerprint density at radius 3 is 2.68 bits per heavy atom. The molecule has 0 spiro atoms. The lowest BCUT2D eigenvalue weighted by atomic mass is 10.1. The molecule has 5 heteroatoms. The van der Waals surface area contributed by atoms with Crippen LogP contribution in [0.15, 0.2) is 16.6 Å². The maximum atomic E-state index is 12.1. The summed E-state index contributed by atoms with van der Waals surface area (Å²) in [7, 11) is 0. The van der Waals surface area contributed by atoms with Crippen molar-refractivity contribution in [2.45, 2.75) is 45.9 Å². The van der Waals surface area contributed by atoms with Gasteiger partial charge in [0.2, 0.25) is 0 Å². The number of carbonyl (C=O) groups is 1. The highest BCUT2D eigenvalue weighted by Gasteiger charge is 2.35. The van der Waals surface area contributed by atoms with Crippen LogP contribution in [0.1, 0.15) is 44.9 Å². The van der Waals surface area contributed by atoms with Gasteiger partial charge in [0.05, 0.1) is 17.1 Å². The van der Waals surface area contributed by atoms with Gasteiger partial charge >= 0.3 is 6.09 Å². The van der Waals surface area contributed by atoms with E-state index < -0.39 is 5.60 Å². The number of amides is 1. The average molecular weight is 328 g/mol. The number of hydrogen-bond donors (Lipinski definition) is 1. The van der Waals surface area contributed by atoms with E-state index >= 15 is 0 Å². The summed E-state index contributed by atoms with van der Waals surface area (Å²) < 4.78 is 6.03. The molecule has 1 aromatic carbocycles. The van der Waals surface area contributed by atoms with Gasteiger partial charge in [0.25, 0.3) is 0 Å². The summed E-state index contributed by atoms with van der Waals surface area (Å²) in [5.41, 5.74) is 1.23. The normalized spacial score (nSPS) is 18.4. The second kappa shape index (κ2) is 4.71.